The summed E-state index contributed by atoms with van der Waals surface area (Å²) in [5.41, 5.74) is 0.990. The highest BCUT2D eigenvalue weighted by Gasteiger charge is 2.21. The molecular weight excluding hydrogens is 382 g/mol. The van der Waals surface area contributed by atoms with Crippen LogP contribution in [-0.4, -0.2) is 32.3 Å². The van der Waals surface area contributed by atoms with Gasteiger partial charge in [0.25, 0.3) is 15.6 Å². The lowest BCUT2D eigenvalue weighted by atomic mass is 10.1. The second-order valence-corrected chi connectivity index (χ2v) is 7.39. The fourth-order valence-electron chi connectivity index (χ4n) is 2.55. The standard InChI is InChI=1S/C19H19N3O5S/c1-3-27-15-7-5-14(6-8-15)22-28(24,25)18-12-13(4-10-17(18)26-2)16-9-11-19(23)21-20-16/h4-12,22H,3H2,1-2H3,(H,21,23). The first-order chi connectivity index (χ1) is 13.4. The molecule has 0 bridgehead atoms. The molecule has 0 atom stereocenters. The molecule has 0 aliphatic carbocycles. The second-order valence-electron chi connectivity index (χ2n) is 5.73. The predicted octanol–water partition coefficient (Wildman–Crippen LogP) is 2.65. The van der Waals surface area contributed by atoms with Crippen molar-refractivity contribution in [3.8, 4) is 22.8 Å². The maximum Gasteiger partial charge on any atom is 0.265 e. The number of anilines is 1. The molecule has 0 aliphatic heterocycles. The second kappa shape index (κ2) is 8.13. The van der Waals surface area contributed by atoms with Crippen LogP contribution in [0.2, 0.25) is 0 Å². The van der Waals surface area contributed by atoms with Crippen molar-refractivity contribution >= 4 is 15.7 Å². The monoisotopic (exact) mass is 401 g/mol. The Kier molecular flexibility index (Phi) is 5.65. The van der Waals surface area contributed by atoms with Crippen LogP contribution in [0.5, 0.6) is 11.5 Å². The topological polar surface area (TPSA) is 110 Å². The maximum absolute atomic E-state index is 12.9. The van der Waals surface area contributed by atoms with Crippen LogP contribution in [0.25, 0.3) is 11.3 Å². The molecule has 1 aromatic heterocycles. The summed E-state index contributed by atoms with van der Waals surface area (Å²) in [6.45, 7) is 2.39. The van der Waals surface area contributed by atoms with Crippen LogP contribution in [0, 0.1) is 0 Å². The van der Waals surface area contributed by atoms with E-state index in [2.05, 4.69) is 14.9 Å². The summed E-state index contributed by atoms with van der Waals surface area (Å²) in [7, 11) is -2.54. The molecule has 2 aromatic carbocycles. The van der Waals surface area contributed by atoms with E-state index in [1.807, 2.05) is 6.92 Å². The number of aromatic nitrogens is 2. The molecular formula is C19H19N3O5S. The molecule has 0 amide bonds. The summed E-state index contributed by atoms with van der Waals surface area (Å²) in [4.78, 5) is 11.1. The van der Waals surface area contributed by atoms with E-state index in [-0.39, 0.29) is 16.2 Å². The fourth-order valence-corrected chi connectivity index (χ4v) is 3.80. The van der Waals surface area contributed by atoms with Crippen molar-refractivity contribution < 1.29 is 17.9 Å². The number of methoxy groups -OCH3 is 1. The van der Waals surface area contributed by atoms with Gasteiger partial charge in [-0.2, -0.15) is 5.10 Å². The molecule has 0 radical (unpaired) electrons. The molecule has 1 heterocycles. The van der Waals surface area contributed by atoms with Gasteiger partial charge in [-0.1, -0.05) is 0 Å². The Labute approximate surface area is 162 Å². The third kappa shape index (κ3) is 4.32. The highest BCUT2D eigenvalue weighted by atomic mass is 32.2. The summed E-state index contributed by atoms with van der Waals surface area (Å²) in [5.74, 6) is 0.834. The van der Waals surface area contributed by atoms with E-state index in [1.165, 1.54) is 31.4 Å². The summed E-state index contributed by atoms with van der Waals surface area (Å²) in [6.07, 6.45) is 0. The van der Waals surface area contributed by atoms with Crippen LogP contribution in [-0.2, 0) is 10.0 Å². The van der Waals surface area contributed by atoms with E-state index < -0.39 is 10.0 Å². The third-order valence-corrected chi connectivity index (χ3v) is 5.25. The van der Waals surface area contributed by atoms with Crippen molar-refractivity contribution in [1.29, 1.82) is 0 Å². The summed E-state index contributed by atoms with van der Waals surface area (Å²) >= 11 is 0. The van der Waals surface area contributed by atoms with Gasteiger partial charge in [-0.05, 0) is 55.5 Å². The minimum atomic E-state index is -3.94. The first kappa shape index (κ1) is 19.4. The van der Waals surface area contributed by atoms with Gasteiger partial charge in [0.05, 0.1) is 19.4 Å². The third-order valence-electron chi connectivity index (χ3n) is 3.85. The van der Waals surface area contributed by atoms with Crippen LogP contribution in [0.15, 0.2) is 64.3 Å². The zero-order valence-electron chi connectivity index (χ0n) is 15.3. The number of hydrogen-bond acceptors (Lipinski definition) is 6. The Morgan fingerprint density at radius 1 is 1.07 bits per heavy atom. The van der Waals surface area contributed by atoms with E-state index in [4.69, 9.17) is 9.47 Å². The zero-order chi connectivity index (χ0) is 20.1. The first-order valence-electron chi connectivity index (χ1n) is 8.43. The number of ether oxygens (including phenoxy) is 2. The molecule has 0 unspecified atom stereocenters. The number of rotatable bonds is 7. The minimum absolute atomic E-state index is 0.0469. The van der Waals surface area contributed by atoms with E-state index in [0.717, 1.165) is 0 Å². The van der Waals surface area contributed by atoms with Crippen molar-refractivity contribution in [2.75, 3.05) is 18.4 Å². The van der Waals surface area contributed by atoms with Gasteiger partial charge in [0.15, 0.2) is 0 Å². The molecule has 146 valence electrons. The number of aromatic amines is 1. The summed E-state index contributed by atoms with van der Waals surface area (Å²) in [6, 6.07) is 14.1. The molecule has 9 heteroatoms. The Morgan fingerprint density at radius 3 is 2.43 bits per heavy atom. The quantitative estimate of drug-likeness (QED) is 0.630. The number of sulfonamides is 1. The fraction of sp³-hybridized carbons (Fsp3) is 0.158. The van der Waals surface area contributed by atoms with Gasteiger partial charge in [0, 0.05) is 17.3 Å². The van der Waals surface area contributed by atoms with E-state index in [9.17, 15) is 13.2 Å². The molecule has 3 aromatic rings. The van der Waals surface area contributed by atoms with Crippen molar-refractivity contribution in [1.82, 2.24) is 10.2 Å². The van der Waals surface area contributed by atoms with Crippen LogP contribution in [0.1, 0.15) is 6.92 Å². The van der Waals surface area contributed by atoms with Gasteiger partial charge in [-0.25, -0.2) is 13.5 Å². The minimum Gasteiger partial charge on any atom is -0.495 e. The molecule has 0 spiro atoms. The molecule has 28 heavy (non-hydrogen) atoms. The number of H-pyrrole nitrogens is 1. The Balaban J connectivity index is 1.96. The molecule has 3 rings (SSSR count). The van der Waals surface area contributed by atoms with Crippen LogP contribution in [0.3, 0.4) is 0 Å². The molecule has 0 saturated carbocycles. The van der Waals surface area contributed by atoms with Crippen LogP contribution < -0.4 is 19.8 Å². The van der Waals surface area contributed by atoms with E-state index >= 15 is 0 Å². The van der Waals surface area contributed by atoms with E-state index in [1.54, 1.807) is 30.3 Å². The van der Waals surface area contributed by atoms with Gasteiger partial charge in [-0.15, -0.1) is 0 Å². The number of nitrogens with one attached hydrogen (secondary N) is 2. The van der Waals surface area contributed by atoms with Gasteiger partial charge in [0.1, 0.15) is 16.4 Å². The Hall–Kier alpha value is -3.33. The van der Waals surface area contributed by atoms with E-state index in [0.29, 0.717) is 29.3 Å². The Bertz CT molecular complexity index is 1100. The summed E-state index contributed by atoms with van der Waals surface area (Å²) < 4.78 is 39.0. The molecule has 0 aliphatic rings. The van der Waals surface area contributed by atoms with Gasteiger partial charge < -0.3 is 9.47 Å². The van der Waals surface area contributed by atoms with Gasteiger partial charge in [-0.3, -0.25) is 9.52 Å². The predicted molar refractivity (Wildman–Crippen MR) is 105 cm³/mol. The zero-order valence-corrected chi connectivity index (χ0v) is 16.1. The normalized spacial score (nSPS) is 11.1. The highest BCUT2D eigenvalue weighted by molar-refractivity contribution is 7.92. The van der Waals surface area contributed by atoms with Gasteiger partial charge >= 0.3 is 0 Å². The number of nitrogens with zero attached hydrogens (tertiary/aromatic N) is 1. The van der Waals surface area contributed by atoms with Crippen molar-refractivity contribution in [3.05, 3.63) is 65.0 Å². The molecule has 8 nitrogen and oxygen atoms in total. The van der Waals surface area contributed by atoms with Crippen molar-refractivity contribution in [2.45, 2.75) is 11.8 Å². The smallest absolute Gasteiger partial charge is 0.265 e. The lowest BCUT2D eigenvalue weighted by Gasteiger charge is -2.13. The number of benzene rings is 2. The van der Waals surface area contributed by atoms with Crippen molar-refractivity contribution in [3.63, 3.8) is 0 Å². The molecule has 2 N–H and O–H groups in total. The summed E-state index contributed by atoms with van der Waals surface area (Å²) in [5, 5.41) is 6.26. The Morgan fingerprint density at radius 2 is 1.82 bits per heavy atom. The molecule has 0 fully saturated rings. The lowest BCUT2D eigenvalue weighted by molar-refractivity contribution is 0.340. The number of hydrogen-bond donors (Lipinski definition) is 2. The van der Waals surface area contributed by atoms with Crippen LogP contribution in [0.4, 0.5) is 5.69 Å². The van der Waals surface area contributed by atoms with Crippen LogP contribution >= 0.6 is 0 Å². The van der Waals surface area contributed by atoms with Crippen molar-refractivity contribution in [2.24, 2.45) is 0 Å². The lowest BCUT2D eigenvalue weighted by Crippen LogP contribution is -2.14. The van der Waals surface area contributed by atoms with Gasteiger partial charge in [0.2, 0.25) is 0 Å². The first-order valence-corrected chi connectivity index (χ1v) is 9.91. The highest BCUT2D eigenvalue weighted by Crippen LogP contribution is 2.30. The SMILES string of the molecule is CCOc1ccc(NS(=O)(=O)c2cc(-c3ccc(=O)[nH]n3)ccc2OC)cc1. The average Bonchev–Trinajstić information content (AvgIpc) is 2.69. The molecule has 0 saturated heterocycles. The average molecular weight is 401 g/mol. The largest absolute Gasteiger partial charge is 0.495 e. The maximum atomic E-state index is 12.9.